The van der Waals surface area contributed by atoms with Gasteiger partial charge in [-0.05, 0) is 36.2 Å². The summed E-state index contributed by atoms with van der Waals surface area (Å²) < 4.78 is 0. The first-order valence-electron chi connectivity index (χ1n) is 5.71. The van der Waals surface area contributed by atoms with E-state index in [1.54, 1.807) is 0 Å². The van der Waals surface area contributed by atoms with Gasteiger partial charge in [0.25, 0.3) is 0 Å². The molecule has 1 aromatic heterocycles. The maximum atomic E-state index is 5.96. The monoisotopic (exact) mass is 280 g/mol. The standard InChI is InChI=1S/C14H14Cl2N2/c1-10-2-3-12(9-18-10)8-17-7-11-4-5-13(15)14(16)6-11/h2-6,9,17H,7-8H2,1H3. The molecule has 2 nitrogen and oxygen atoms in total. The van der Waals surface area contributed by atoms with Crippen LogP contribution in [0.5, 0.6) is 0 Å². The number of halogens is 2. The quantitative estimate of drug-likeness (QED) is 0.916. The molecule has 0 aliphatic heterocycles. The Bertz CT molecular complexity index is 524. The highest BCUT2D eigenvalue weighted by atomic mass is 35.5. The van der Waals surface area contributed by atoms with Crippen LogP contribution in [0.3, 0.4) is 0 Å². The zero-order valence-electron chi connectivity index (χ0n) is 10.1. The zero-order chi connectivity index (χ0) is 13.0. The van der Waals surface area contributed by atoms with Gasteiger partial charge in [0, 0.05) is 25.0 Å². The molecule has 0 unspecified atom stereocenters. The van der Waals surface area contributed by atoms with Crippen molar-refractivity contribution in [2.45, 2.75) is 20.0 Å². The lowest BCUT2D eigenvalue weighted by Gasteiger charge is -2.06. The molecule has 0 saturated heterocycles. The highest BCUT2D eigenvalue weighted by Gasteiger charge is 1.99. The van der Waals surface area contributed by atoms with E-state index < -0.39 is 0 Å². The highest BCUT2D eigenvalue weighted by Crippen LogP contribution is 2.22. The summed E-state index contributed by atoms with van der Waals surface area (Å²) in [5, 5.41) is 4.52. The van der Waals surface area contributed by atoms with Crippen molar-refractivity contribution in [2.24, 2.45) is 0 Å². The number of aryl methyl sites for hydroxylation is 1. The number of pyridine rings is 1. The van der Waals surface area contributed by atoms with Crippen molar-refractivity contribution in [1.82, 2.24) is 10.3 Å². The van der Waals surface area contributed by atoms with Crippen molar-refractivity contribution >= 4 is 23.2 Å². The summed E-state index contributed by atoms with van der Waals surface area (Å²) >= 11 is 11.8. The van der Waals surface area contributed by atoms with Crippen molar-refractivity contribution in [3.05, 3.63) is 63.4 Å². The molecule has 0 bridgehead atoms. The highest BCUT2D eigenvalue weighted by molar-refractivity contribution is 6.42. The summed E-state index contributed by atoms with van der Waals surface area (Å²) in [7, 11) is 0. The number of hydrogen-bond acceptors (Lipinski definition) is 2. The molecule has 0 aliphatic rings. The first-order chi connectivity index (χ1) is 8.65. The van der Waals surface area contributed by atoms with Gasteiger partial charge in [0.1, 0.15) is 0 Å². The van der Waals surface area contributed by atoms with Crippen LogP contribution in [-0.4, -0.2) is 4.98 Å². The average Bonchev–Trinajstić information content (AvgIpc) is 2.36. The molecular weight excluding hydrogens is 267 g/mol. The Morgan fingerprint density at radius 1 is 1.00 bits per heavy atom. The Morgan fingerprint density at radius 3 is 2.39 bits per heavy atom. The second kappa shape index (κ2) is 6.19. The van der Waals surface area contributed by atoms with Gasteiger partial charge in [-0.2, -0.15) is 0 Å². The molecule has 0 spiro atoms. The molecule has 1 N–H and O–H groups in total. The van der Waals surface area contributed by atoms with E-state index >= 15 is 0 Å². The summed E-state index contributed by atoms with van der Waals surface area (Å²) in [6.45, 7) is 3.52. The minimum absolute atomic E-state index is 0.586. The second-order valence-corrected chi connectivity index (χ2v) is 4.97. The predicted octanol–water partition coefficient (Wildman–Crippen LogP) is 3.99. The van der Waals surface area contributed by atoms with Gasteiger partial charge in [-0.1, -0.05) is 35.3 Å². The Kier molecular flexibility index (Phi) is 4.59. The lowest BCUT2D eigenvalue weighted by atomic mass is 10.2. The third kappa shape index (κ3) is 3.70. The van der Waals surface area contributed by atoms with Gasteiger partial charge in [0.15, 0.2) is 0 Å². The third-order valence-electron chi connectivity index (χ3n) is 2.61. The normalized spacial score (nSPS) is 10.6. The van der Waals surface area contributed by atoms with E-state index in [0.29, 0.717) is 10.0 Å². The smallest absolute Gasteiger partial charge is 0.0595 e. The van der Waals surface area contributed by atoms with Crippen LogP contribution in [0.25, 0.3) is 0 Å². The summed E-state index contributed by atoms with van der Waals surface area (Å²) in [5.41, 5.74) is 3.31. The van der Waals surface area contributed by atoms with Crippen LogP contribution in [0.1, 0.15) is 16.8 Å². The Balaban J connectivity index is 1.88. The van der Waals surface area contributed by atoms with E-state index in [1.807, 2.05) is 37.4 Å². The van der Waals surface area contributed by atoms with Crippen molar-refractivity contribution in [3.63, 3.8) is 0 Å². The van der Waals surface area contributed by atoms with E-state index in [1.165, 1.54) is 5.56 Å². The van der Waals surface area contributed by atoms with Crippen molar-refractivity contribution in [3.8, 4) is 0 Å². The van der Waals surface area contributed by atoms with Crippen molar-refractivity contribution < 1.29 is 0 Å². The maximum absolute atomic E-state index is 5.96. The molecule has 18 heavy (non-hydrogen) atoms. The van der Waals surface area contributed by atoms with E-state index in [9.17, 15) is 0 Å². The molecule has 0 radical (unpaired) electrons. The first-order valence-corrected chi connectivity index (χ1v) is 6.47. The SMILES string of the molecule is Cc1ccc(CNCc2ccc(Cl)c(Cl)c2)cn1. The molecular formula is C14H14Cl2N2. The Morgan fingerprint density at radius 2 is 1.72 bits per heavy atom. The largest absolute Gasteiger partial charge is 0.309 e. The van der Waals surface area contributed by atoms with Crippen LogP contribution in [0.2, 0.25) is 10.0 Å². The number of nitrogens with zero attached hydrogens (tertiary/aromatic N) is 1. The van der Waals surface area contributed by atoms with E-state index in [0.717, 1.165) is 24.3 Å². The van der Waals surface area contributed by atoms with Gasteiger partial charge in [-0.15, -0.1) is 0 Å². The van der Waals surface area contributed by atoms with Gasteiger partial charge in [0.2, 0.25) is 0 Å². The summed E-state index contributed by atoms with van der Waals surface area (Å²) in [4.78, 5) is 4.25. The molecule has 2 aromatic rings. The lowest BCUT2D eigenvalue weighted by molar-refractivity contribution is 0.691. The van der Waals surface area contributed by atoms with Crippen LogP contribution in [0, 0.1) is 6.92 Å². The van der Waals surface area contributed by atoms with Crippen LogP contribution < -0.4 is 5.32 Å². The molecule has 0 amide bonds. The summed E-state index contributed by atoms with van der Waals surface area (Å²) in [5.74, 6) is 0. The fraction of sp³-hybridized carbons (Fsp3) is 0.214. The molecule has 4 heteroatoms. The molecule has 1 heterocycles. The molecule has 94 valence electrons. The predicted molar refractivity (Wildman–Crippen MR) is 76.0 cm³/mol. The number of rotatable bonds is 4. The lowest BCUT2D eigenvalue weighted by Crippen LogP contribution is -2.12. The maximum Gasteiger partial charge on any atom is 0.0595 e. The number of hydrogen-bond donors (Lipinski definition) is 1. The minimum Gasteiger partial charge on any atom is -0.309 e. The molecule has 1 aromatic carbocycles. The number of aromatic nitrogens is 1. The fourth-order valence-electron chi connectivity index (χ4n) is 1.60. The van der Waals surface area contributed by atoms with E-state index in [-0.39, 0.29) is 0 Å². The summed E-state index contributed by atoms with van der Waals surface area (Å²) in [6, 6.07) is 9.74. The zero-order valence-corrected chi connectivity index (χ0v) is 11.6. The molecule has 2 rings (SSSR count). The van der Waals surface area contributed by atoms with E-state index in [4.69, 9.17) is 23.2 Å². The third-order valence-corrected chi connectivity index (χ3v) is 3.35. The van der Waals surface area contributed by atoms with Crippen molar-refractivity contribution in [1.29, 1.82) is 0 Å². The fourth-order valence-corrected chi connectivity index (χ4v) is 1.92. The molecule has 0 fully saturated rings. The molecule has 0 atom stereocenters. The van der Waals surface area contributed by atoms with Crippen LogP contribution in [0.4, 0.5) is 0 Å². The first kappa shape index (κ1) is 13.3. The summed E-state index contributed by atoms with van der Waals surface area (Å²) in [6.07, 6.45) is 1.89. The number of nitrogens with one attached hydrogen (secondary N) is 1. The van der Waals surface area contributed by atoms with Crippen LogP contribution >= 0.6 is 23.2 Å². The van der Waals surface area contributed by atoms with Gasteiger partial charge in [-0.3, -0.25) is 4.98 Å². The van der Waals surface area contributed by atoms with Gasteiger partial charge in [0.05, 0.1) is 10.0 Å². The van der Waals surface area contributed by atoms with Crippen LogP contribution in [0.15, 0.2) is 36.5 Å². The van der Waals surface area contributed by atoms with Crippen LogP contribution in [-0.2, 0) is 13.1 Å². The van der Waals surface area contributed by atoms with E-state index in [2.05, 4.69) is 16.4 Å². The van der Waals surface area contributed by atoms with Crippen molar-refractivity contribution in [2.75, 3.05) is 0 Å². The molecule has 0 saturated carbocycles. The average molecular weight is 281 g/mol. The topological polar surface area (TPSA) is 24.9 Å². The Hall–Kier alpha value is -1.09. The van der Waals surface area contributed by atoms with Gasteiger partial charge in [-0.25, -0.2) is 0 Å². The minimum atomic E-state index is 0.586. The Labute approximate surface area is 117 Å². The van der Waals surface area contributed by atoms with Gasteiger partial charge >= 0.3 is 0 Å². The molecule has 0 aliphatic carbocycles. The van der Waals surface area contributed by atoms with Gasteiger partial charge < -0.3 is 5.32 Å². The number of benzene rings is 1. The second-order valence-electron chi connectivity index (χ2n) is 4.16.